The van der Waals surface area contributed by atoms with Gasteiger partial charge in [-0.3, -0.25) is 9.39 Å². The molecule has 0 saturated carbocycles. The number of aromatic nitrogens is 3. The zero-order valence-electron chi connectivity index (χ0n) is 14.6. The Hall–Kier alpha value is -2.15. The summed E-state index contributed by atoms with van der Waals surface area (Å²) in [5.41, 5.74) is 0.858. The molecule has 0 amide bonds. The minimum atomic E-state index is 0.589. The third-order valence-corrected chi connectivity index (χ3v) is 4.62. The SMILES string of the molecule is CN=C(NCCN1CCC(C)CC1)NCc1nnc2ccccn12. The number of aliphatic imine (C=N–C) groups is 1. The maximum atomic E-state index is 4.28. The largest absolute Gasteiger partial charge is 0.355 e. The number of hydrogen-bond donors (Lipinski definition) is 2. The highest BCUT2D eigenvalue weighted by Gasteiger charge is 2.15. The van der Waals surface area contributed by atoms with Gasteiger partial charge in [-0.25, -0.2) is 0 Å². The van der Waals surface area contributed by atoms with Crippen LogP contribution in [-0.2, 0) is 6.54 Å². The van der Waals surface area contributed by atoms with Crippen molar-refractivity contribution in [1.29, 1.82) is 0 Å². The molecule has 0 bridgehead atoms. The first-order valence-electron chi connectivity index (χ1n) is 8.72. The molecule has 2 aromatic heterocycles. The maximum absolute atomic E-state index is 4.28. The lowest BCUT2D eigenvalue weighted by atomic mass is 9.99. The van der Waals surface area contributed by atoms with Gasteiger partial charge in [0.05, 0.1) is 6.54 Å². The second kappa shape index (κ2) is 8.10. The minimum Gasteiger partial charge on any atom is -0.355 e. The molecule has 1 fully saturated rings. The third kappa shape index (κ3) is 4.23. The number of hydrogen-bond acceptors (Lipinski definition) is 4. The molecule has 0 atom stereocenters. The number of fused-ring (bicyclic) bond motifs is 1. The summed E-state index contributed by atoms with van der Waals surface area (Å²) in [4.78, 5) is 6.80. The van der Waals surface area contributed by atoms with Crippen molar-refractivity contribution in [2.24, 2.45) is 10.9 Å². The van der Waals surface area contributed by atoms with Gasteiger partial charge in [0.25, 0.3) is 0 Å². The molecule has 3 rings (SSSR count). The van der Waals surface area contributed by atoms with E-state index in [-0.39, 0.29) is 0 Å². The minimum absolute atomic E-state index is 0.589. The summed E-state index contributed by atoms with van der Waals surface area (Å²) in [5.74, 6) is 2.55. The van der Waals surface area contributed by atoms with Crippen LogP contribution in [0, 0.1) is 5.92 Å². The quantitative estimate of drug-likeness (QED) is 0.636. The fourth-order valence-corrected chi connectivity index (χ4v) is 3.01. The Morgan fingerprint density at radius 2 is 2.08 bits per heavy atom. The number of piperidine rings is 1. The van der Waals surface area contributed by atoms with Crippen molar-refractivity contribution in [3.05, 3.63) is 30.2 Å². The number of rotatable bonds is 5. The Balaban J connectivity index is 1.43. The van der Waals surface area contributed by atoms with Gasteiger partial charge in [0.1, 0.15) is 0 Å². The van der Waals surface area contributed by atoms with Crippen molar-refractivity contribution in [1.82, 2.24) is 30.1 Å². The van der Waals surface area contributed by atoms with Crippen molar-refractivity contribution in [2.45, 2.75) is 26.3 Å². The third-order valence-electron chi connectivity index (χ3n) is 4.62. The van der Waals surface area contributed by atoms with Gasteiger partial charge in [0, 0.05) is 26.3 Å². The molecule has 7 heteroatoms. The van der Waals surface area contributed by atoms with E-state index in [0.29, 0.717) is 6.54 Å². The van der Waals surface area contributed by atoms with Crippen LogP contribution in [0.25, 0.3) is 5.65 Å². The van der Waals surface area contributed by atoms with E-state index in [1.165, 1.54) is 25.9 Å². The van der Waals surface area contributed by atoms with Gasteiger partial charge in [-0.1, -0.05) is 13.0 Å². The van der Waals surface area contributed by atoms with Crippen molar-refractivity contribution < 1.29 is 0 Å². The van der Waals surface area contributed by atoms with Crippen LogP contribution >= 0.6 is 0 Å². The van der Waals surface area contributed by atoms with Gasteiger partial charge in [-0.15, -0.1) is 10.2 Å². The molecule has 1 aliphatic heterocycles. The van der Waals surface area contributed by atoms with E-state index in [9.17, 15) is 0 Å². The number of nitrogens with one attached hydrogen (secondary N) is 2. The molecule has 1 saturated heterocycles. The van der Waals surface area contributed by atoms with Crippen LogP contribution in [0.1, 0.15) is 25.6 Å². The second-order valence-electron chi connectivity index (χ2n) is 6.42. The summed E-state index contributed by atoms with van der Waals surface area (Å²) in [6.45, 7) is 7.30. The molecule has 2 N–H and O–H groups in total. The van der Waals surface area contributed by atoms with E-state index in [1.54, 1.807) is 7.05 Å². The Kier molecular flexibility index (Phi) is 5.63. The van der Waals surface area contributed by atoms with Gasteiger partial charge >= 0.3 is 0 Å². The monoisotopic (exact) mass is 329 g/mol. The fraction of sp³-hybridized carbons (Fsp3) is 0.588. The average Bonchev–Trinajstić information content (AvgIpc) is 3.03. The molecule has 0 radical (unpaired) electrons. The zero-order valence-corrected chi connectivity index (χ0v) is 14.6. The van der Waals surface area contributed by atoms with Crippen molar-refractivity contribution in [3.63, 3.8) is 0 Å². The van der Waals surface area contributed by atoms with E-state index in [2.05, 4.69) is 37.6 Å². The normalized spacial score (nSPS) is 17.3. The molecular formula is C17H27N7. The summed E-state index contributed by atoms with van der Waals surface area (Å²) in [7, 11) is 1.79. The maximum Gasteiger partial charge on any atom is 0.191 e. The Morgan fingerprint density at radius 1 is 1.25 bits per heavy atom. The van der Waals surface area contributed by atoms with E-state index < -0.39 is 0 Å². The fourth-order valence-electron chi connectivity index (χ4n) is 3.01. The predicted molar refractivity (Wildman–Crippen MR) is 96.0 cm³/mol. The summed E-state index contributed by atoms with van der Waals surface area (Å²) in [5, 5.41) is 15.1. The van der Waals surface area contributed by atoms with Crippen molar-refractivity contribution >= 4 is 11.6 Å². The first-order valence-corrected chi connectivity index (χ1v) is 8.72. The highest BCUT2D eigenvalue weighted by molar-refractivity contribution is 5.79. The predicted octanol–water partition coefficient (Wildman–Crippen LogP) is 1.13. The van der Waals surface area contributed by atoms with Crippen LogP contribution in [0.4, 0.5) is 0 Å². The molecule has 24 heavy (non-hydrogen) atoms. The number of pyridine rings is 1. The zero-order chi connectivity index (χ0) is 16.8. The number of likely N-dealkylation sites (tertiary alicyclic amines) is 1. The number of guanidine groups is 1. The molecule has 7 nitrogen and oxygen atoms in total. The van der Waals surface area contributed by atoms with Gasteiger partial charge in [-0.05, 0) is 44.0 Å². The smallest absolute Gasteiger partial charge is 0.191 e. The van der Waals surface area contributed by atoms with Crippen LogP contribution in [0.15, 0.2) is 29.4 Å². The lowest BCUT2D eigenvalue weighted by Gasteiger charge is -2.30. The van der Waals surface area contributed by atoms with E-state index in [0.717, 1.165) is 36.4 Å². The van der Waals surface area contributed by atoms with Crippen LogP contribution < -0.4 is 10.6 Å². The number of nitrogens with zero attached hydrogens (tertiary/aromatic N) is 5. The van der Waals surface area contributed by atoms with E-state index >= 15 is 0 Å². The Labute approximate surface area is 143 Å². The first kappa shape index (κ1) is 16.7. The molecule has 2 aromatic rings. The molecular weight excluding hydrogens is 302 g/mol. The summed E-state index contributed by atoms with van der Waals surface area (Å²) >= 11 is 0. The molecule has 0 aromatic carbocycles. The summed E-state index contributed by atoms with van der Waals surface area (Å²) in [6, 6.07) is 5.89. The Bertz CT molecular complexity index is 670. The van der Waals surface area contributed by atoms with Crippen LogP contribution in [0.2, 0.25) is 0 Å². The lowest BCUT2D eigenvalue weighted by molar-refractivity contribution is 0.195. The van der Waals surface area contributed by atoms with Crippen molar-refractivity contribution in [3.8, 4) is 0 Å². The van der Waals surface area contributed by atoms with Gasteiger partial charge in [-0.2, -0.15) is 0 Å². The molecule has 3 heterocycles. The molecule has 0 unspecified atom stereocenters. The first-order chi connectivity index (χ1) is 11.8. The van der Waals surface area contributed by atoms with E-state index in [1.807, 2.05) is 28.8 Å². The van der Waals surface area contributed by atoms with Gasteiger partial charge < -0.3 is 15.5 Å². The molecule has 130 valence electrons. The van der Waals surface area contributed by atoms with Gasteiger partial charge in [0.2, 0.25) is 0 Å². The van der Waals surface area contributed by atoms with Crippen LogP contribution in [-0.4, -0.2) is 58.7 Å². The lowest BCUT2D eigenvalue weighted by Crippen LogP contribution is -2.43. The Morgan fingerprint density at radius 3 is 2.88 bits per heavy atom. The summed E-state index contributed by atoms with van der Waals surface area (Å²) < 4.78 is 1.98. The van der Waals surface area contributed by atoms with Crippen molar-refractivity contribution in [2.75, 3.05) is 33.2 Å². The molecule has 0 aliphatic carbocycles. The summed E-state index contributed by atoms with van der Waals surface area (Å²) in [6.07, 6.45) is 4.60. The highest BCUT2D eigenvalue weighted by atomic mass is 15.3. The van der Waals surface area contributed by atoms with Crippen LogP contribution in [0.3, 0.4) is 0 Å². The van der Waals surface area contributed by atoms with E-state index in [4.69, 9.17) is 0 Å². The van der Waals surface area contributed by atoms with Gasteiger partial charge in [0.15, 0.2) is 17.4 Å². The second-order valence-corrected chi connectivity index (χ2v) is 6.42. The standard InChI is InChI=1S/C17H27N7/c1-14-6-10-23(11-7-14)12-8-19-17(18-2)20-13-16-22-21-15-5-3-4-9-24(15)16/h3-5,9,14H,6-8,10-13H2,1-2H3,(H2,18,19,20). The molecule has 0 spiro atoms. The highest BCUT2D eigenvalue weighted by Crippen LogP contribution is 2.15. The van der Waals surface area contributed by atoms with Crippen LogP contribution in [0.5, 0.6) is 0 Å². The topological polar surface area (TPSA) is 69.8 Å². The average molecular weight is 329 g/mol. The molecule has 1 aliphatic rings.